The third kappa shape index (κ3) is 25.0. The van der Waals surface area contributed by atoms with Gasteiger partial charge in [0.25, 0.3) is 0 Å². The van der Waals surface area contributed by atoms with Gasteiger partial charge in [-0.3, -0.25) is 4.79 Å². The summed E-state index contributed by atoms with van der Waals surface area (Å²) in [5, 5.41) is 3.68. The molecule has 0 aliphatic carbocycles. The lowest BCUT2D eigenvalue weighted by Crippen LogP contribution is -2.23. The Morgan fingerprint density at radius 2 is 1.66 bits per heavy atom. The van der Waals surface area contributed by atoms with Gasteiger partial charge in [0.15, 0.2) is 0 Å². The molecule has 7 nitrogen and oxygen atoms in total. The molecule has 3 atom stereocenters. The summed E-state index contributed by atoms with van der Waals surface area (Å²) < 4.78 is 31.4. The van der Waals surface area contributed by atoms with Crippen LogP contribution in [0.1, 0.15) is 123 Å². The number of nitrogens with zero attached hydrogens (tertiary/aromatic N) is 3. The van der Waals surface area contributed by atoms with E-state index >= 15 is 0 Å². The van der Waals surface area contributed by atoms with Crippen LogP contribution in [-0.2, 0) is 18.5 Å². The second-order valence-electron chi connectivity index (χ2n) is 9.08. The number of esters is 1. The number of hydrogen-bond acceptors (Lipinski definition) is 6. The van der Waals surface area contributed by atoms with Crippen LogP contribution in [0.4, 0.5) is 0 Å². The molecule has 10 heteroatoms. The molecule has 0 rings (SSSR count). The molecule has 0 bridgehead atoms. The van der Waals surface area contributed by atoms with Crippen molar-refractivity contribution < 1.29 is 18.5 Å². The van der Waals surface area contributed by atoms with E-state index < -0.39 is 13.6 Å². The smallest absolute Gasteiger partial charge is 0.306 e. The van der Waals surface area contributed by atoms with Crippen LogP contribution >= 0.6 is 19.3 Å². The molecule has 0 spiro atoms. The van der Waals surface area contributed by atoms with Crippen LogP contribution in [0.3, 0.4) is 0 Å². The number of unbranched alkanes of at least 4 members (excludes halogenated alkanes) is 12. The van der Waals surface area contributed by atoms with Crippen molar-refractivity contribution in [3.05, 3.63) is 10.4 Å². The molecule has 203 valence electrons. The first-order valence-electron chi connectivity index (χ1n) is 14.7. The molecule has 0 amide bonds. The van der Waals surface area contributed by atoms with Crippen molar-refractivity contribution in [3.63, 3.8) is 0 Å². The summed E-state index contributed by atoms with van der Waals surface area (Å²) in [6.07, 6.45) is 18.6. The average Bonchev–Trinajstić information content (AvgIpc) is 2.89. The van der Waals surface area contributed by atoms with Gasteiger partial charge in [-0.15, -0.1) is 0 Å². The average molecular weight is 534 g/mol. The molecule has 0 N–H and O–H groups in total. The van der Waals surface area contributed by atoms with Crippen LogP contribution in [0.25, 0.3) is 10.4 Å². The molecule has 1 radical (unpaired) electrons. The minimum atomic E-state index is -1.41. The normalized spacial score (nSPS) is 14.3. The van der Waals surface area contributed by atoms with E-state index in [9.17, 15) is 4.79 Å². The van der Waals surface area contributed by atoms with Gasteiger partial charge in [-0.1, -0.05) is 104 Å². The number of rotatable bonds is 28. The van der Waals surface area contributed by atoms with E-state index in [1.54, 1.807) is 0 Å². The highest BCUT2D eigenvalue weighted by molar-refractivity contribution is 8.53. The summed E-state index contributed by atoms with van der Waals surface area (Å²) in [5.41, 5.74) is 8.77. The van der Waals surface area contributed by atoms with Crippen molar-refractivity contribution in [2.24, 2.45) is 5.11 Å². The van der Waals surface area contributed by atoms with Gasteiger partial charge in [0.1, 0.15) is 13.6 Å². The monoisotopic (exact) mass is 533 g/mol. The number of azide groups is 1. The highest BCUT2D eigenvalue weighted by Crippen LogP contribution is 2.24. The van der Waals surface area contributed by atoms with Gasteiger partial charge in [-0.2, -0.15) is 0 Å². The Hall–Kier alpha value is -0.455. The zero-order valence-corrected chi connectivity index (χ0v) is 23.9. The minimum absolute atomic E-state index is 0.114. The van der Waals surface area contributed by atoms with Crippen molar-refractivity contribution in [3.8, 4) is 0 Å². The zero-order valence-electron chi connectivity index (χ0n) is 24.2. The van der Waals surface area contributed by atoms with E-state index in [0.29, 0.717) is 19.4 Å². The molecule has 0 aromatic carbocycles. The van der Waals surface area contributed by atoms with Gasteiger partial charge in [-0.25, -0.2) is 0 Å². The molecule has 0 saturated heterocycles. The van der Waals surface area contributed by atoms with E-state index in [1.165, 1.54) is 64.2 Å². The van der Waals surface area contributed by atoms with Gasteiger partial charge in [0.2, 0.25) is 0 Å². The molecule has 0 heterocycles. The van der Waals surface area contributed by atoms with E-state index in [-0.39, 0.29) is 25.3 Å². The summed E-state index contributed by atoms with van der Waals surface area (Å²) in [6, 6.07) is -0.506. The Morgan fingerprint density at radius 1 is 1.03 bits per heavy atom. The largest absolute Gasteiger partial charge is 0.462 e. The minimum Gasteiger partial charge on any atom is -0.462 e. The molecular formula is C25H50BN3O4PS. The first-order chi connectivity index (χ1) is 18.1. The van der Waals surface area contributed by atoms with Crippen LogP contribution in [0, 0.1) is 0 Å². The lowest BCUT2D eigenvalue weighted by Gasteiger charge is -2.19. The number of hydrogen-bond donors (Lipinski definition) is 0. The van der Waals surface area contributed by atoms with Crippen LogP contribution in [0.2, 0.25) is 0 Å². The maximum absolute atomic E-state index is 12.5. The summed E-state index contributed by atoms with van der Waals surface area (Å²) in [4.78, 5) is 15.3. The third-order valence-electron chi connectivity index (χ3n) is 5.88. The Balaban J connectivity index is 4.30. The summed E-state index contributed by atoms with van der Waals surface area (Å²) in [5.74, 6) is -0.114. The number of ether oxygens (including phenoxy) is 2. The number of carbonyl (C=O) groups is 1. The molecule has 0 aliphatic heterocycles. The van der Waals surface area contributed by atoms with Crippen LogP contribution in [0.15, 0.2) is 5.11 Å². The maximum Gasteiger partial charge on any atom is 0.306 e. The summed E-state index contributed by atoms with van der Waals surface area (Å²) in [6.45, 7) is 5.15. The van der Waals surface area contributed by atoms with Crippen LogP contribution in [-0.4, -0.2) is 48.1 Å². The first-order valence-corrected chi connectivity index (χ1v) is 16.0. The van der Waals surface area contributed by atoms with E-state index in [4.69, 9.17) is 21.8 Å². The fraction of sp³-hybridized carbons (Fsp3) is 0.960. The molecule has 0 saturated carbocycles. The van der Waals surface area contributed by atoms with Gasteiger partial charge in [0.05, 0.1) is 27.1 Å². The van der Waals surface area contributed by atoms with Gasteiger partial charge >= 0.3 is 5.97 Å². The third-order valence-corrected chi connectivity index (χ3v) is 6.78. The molecular weight excluding hydrogens is 480 g/mol. The second kappa shape index (κ2) is 28.1. The van der Waals surface area contributed by atoms with Crippen molar-refractivity contribution in [1.29, 1.82) is 2.61 Å². The maximum atomic E-state index is 12.5. The van der Waals surface area contributed by atoms with Crippen LogP contribution < -0.4 is 0 Å². The lowest BCUT2D eigenvalue weighted by molar-refractivity contribution is -0.150. The van der Waals surface area contributed by atoms with Crippen molar-refractivity contribution >= 4 is 32.8 Å². The predicted molar refractivity (Wildman–Crippen MR) is 152 cm³/mol. The fourth-order valence-electron chi connectivity index (χ4n) is 3.82. The van der Waals surface area contributed by atoms with E-state index in [1.807, 2.05) is 0 Å². The van der Waals surface area contributed by atoms with Crippen molar-refractivity contribution in [2.75, 3.05) is 19.8 Å². The summed E-state index contributed by atoms with van der Waals surface area (Å²) >= 11 is 0.902. The molecule has 0 aromatic rings. The Bertz CT molecular complexity index is 584. The van der Waals surface area contributed by atoms with Gasteiger partial charge < -0.3 is 13.7 Å². The zero-order chi connectivity index (χ0) is 27.4. The molecule has 0 fully saturated rings. The number of carbonyl (C=O) groups excluding carboxylic acids is 1. The Labute approximate surface area is 224 Å². The first kappa shape index (κ1) is 30.8. The van der Waals surface area contributed by atoms with Gasteiger partial charge in [-0.05, 0) is 26.1 Å². The predicted octanol–water partition coefficient (Wildman–Crippen LogP) is 8.34. The van der Waals surface area contributed by atoms with Gasteiger partial charge in [0, 0.05) is 29.4 Å². The highest BCUT2D eigenvalue weighted by Gasteiger charge is 2.15. The second-order valence-corrected chi connectivity index (χ2v) is 10.8. The Morgan fingerprint density at radius 3 is 2.29 bits per heavy atom. The molecule has 0 aromatic heterocycles. The Kier molecular flexibility index (Phi) is 24.7. The van der Waals surface area contributed by atoms with Crippen molar-refractivity contribution in [1.82, 2.24) is 0 Å². The molecule has 35 heavy (non-hydrogen) atoms. The SMILES string of the molecule is [2H]P([B][3H])SOC[C@@H](COCC[C@@H](CCCCCCC)OC(=O)CCCCCCCCCCC)N=[N+]=[N-]. The highest BCUT2D eigenvalue weighted by atomic mass is 32.7. The van der Waals surface area contributed by atoms with Crippen LogP contribution in [0.5, 0.6) is 0 Å². The van der Waals surface area contributed by atoms with E-state index in [0.717, 1.165) is 51.3 Å². The molecule has 1 unspecified atom stereocenters. The molecule has 0 aliphatic rings. The standard InChI is InChI=1S/C25H50BN3O4PS/c1-3-5-7-9-10-11-12-14-16-18-25(30)33-24(17-15-13-8-6-4-2)19-20-31-21-23(28-29-27)22-32-35-34-26/h23-24,26,34H,3-22H2,1-2H3/t23-,24-,34?/m1/s1/i26T,34D. The van der Waals surface area contributed by atoms with Crippen molar-refractivity contribution in [2.45, 2.75) is 135 Å². The fourth-order valence-corrected chi connectivity index (χ4v) is 4.47. The lowest BCUT2D eigenvalue weighted by atomic mass is 10.1. The van der Waals surface area contributed by atoms with E-state index in [2.05, 4.69) is 23.9 Å². The quantitative estimate of drug-likeness (QED) is 0.0147. The topological polar surface area (TPSA) is 93.5 Å². The summed E-state index contributed by atoms with van der Waals surface area (Å²) in [7, 11) is -0.385.